The van der Waals surface area contributed by atoms with E-state index in [1.165, 1.54) is 24.0 Å². The fourth-order valence-corrected chi connectivity index (χ4v) is 3.57. The van der Waals surface area contributed by atoms with Gasteiger partial charge in [0.15, 0.2) is 0 Å². The van der Waals surface area contributed by atoms with Gasteiger partial charge in [-0.3, -0.25) is 9.69 Å². The molecular formula is C16H19NO2. The number of hydrogen-bond acceptors (Lipinski definition) is 2. The summed E-state index contributed by atoms with van der Waals surface area (Å²) in [5.74, 6) is -0.643. The third-order valence-electron chi connectivity index (χ3n) is 5.19. The molecule has 2 saturated carbocycles. The molecule has 0 bridgehead atoms. The van der Waals surface area contributed by atoms with Crippen LogP contribution in [0.4, 0.5) is 0 Å². The summed E-state index contributed by atoms with van der Waals surface area (Å²) in [6, 6.07) is 7.18. The molecule has 3 nitrogen and oxygen atoms in total. The van der Waals surface area contributed by atoms with Crippen LogP contribution in [0.25, 0.3) is 0 Å². The van der Waals surface area contributed by atoms with Crippen LogP contribution in [-0.2, 0) is 23.3 Å². The fourth-order valence-electron chi connectivity index (χ4n) is 3.57. The lowest BCUT2D eigenvalue weighted by Gasteiger charge is -2.38. The zero-order valence-corrected chi connectivity index (χ0v) is 11.1. The normalized spacial score (nSPS) is 24.8. The molecule has 1 aromatic carbocycles. The molecule has 19 heavy (non-hydrogen) atoms. The summed E-state index contributed by atoms with van der Waals surface area (Å²) >= 11 is 0. The summed E-state index contributed by atoms with van der Waals surface area (Å²) in [4.78, 5) is 14.1. The lowest BCUT2D eigenvalue weighted by Crippen LogP contribution is -2.42. The third-order valence-corrected chi connectivity index (χ3v) is 5.19. The van der Waals surface area contributed by atoms with Crippen molar-refractivity contribution in [2.45, 2.75) is 56.7 Å². The van der Waals surface area contributed by atoms with Gasteiger partial charge in [0.05, 0.1) is 5.41 Å². The van der Waals surface area contributed by atoms with Gasteiger partial charge in [0, 0.05) is 19.1 Å². The highest BCUT2D eigenvalue weighted by Gasteiger charge is 2.46. The van der Waals surface area contributed by atoms with Crippen LogP contribution in [0.5, 0.6) is 0 Å². The Morgan fingerprint density at radius 3 is 2.53 bits per heavy atom. The number of aliphatic carboxylic acids is 1. The van der Waals surface area contributed by atoms with Crippen molar-refractivity contribution in [3.8, 4) is 0 Å². The molecule has 100 valence electrons. The van der Waals surface area contributed by atoms with Gasteiger partial charge >= 0.3 is 5.97 Å². The van der Waals surface area contributed by atoms with Crippen molar-refractivity contribution in [3.05, 3.63) is 34.9 Å². The molecule has 0 aromatic heterocycles. The molecule has 2 fully saturated rings. The lowest BCUT2D eigenvalue weighted by atomic mass is 9.64. The van der Waals surface area contributed by atoms with Crippen LogP contribution >= 0.6 is 0 Å². The first kappa shape index (κ1) is 11.5. The van der Waals surface area contributed by atoms with E-state index in [0.29, 0.717) is 0 Å². The van der Waals surface area contributed by atoms with Gasteiger partial charge in [-0.15, -0.1) is 0 Å². The molecule has 0 amide bonds. The first-order chi connectivity index (χ1) is 9.19. The number of carboxylic acid groups (broad SMARTS) is 1. The predicted octanol–water partition coefficient (Wildman–Crippen LogP) is 2.67. The Hall–Kier alpha value is -1.35. The molecule has 0 spiro atoms. The highest BCUT2D eigenvalue weighted by Crippen LogP contribution is 2.45. The van der Waals surface area contributed by atoms with E-state index in [-0.39, 0.29) is 0 Å². The van der Waals surface area contributed by atoms with Gasteiger partial charge in [0.2, 0.25) is 0 Å². The predicted molar refractivity (Wildman–Crippen MR) is 71.9 cm³/mol. The number of carbonyl (C=O) groups is 1. The number of rotatable bonds is 3. The number of benzene rings is 1. The van der Waals surface area contributed by atoms with Crippen molar-refractivity contribution in [2.24, 2.45) is 0 Å². The summed E-state index contributed by atoms with van der Waals surface area (Å²) in [6.07, 6.45) is 5.30. The van der Waals surface area contributed by atoms with Gasteiger partial charge in [0.1, 0.15) is 0 Å². The molecule has 0 saturated heterocycles. The maximum Gasteiger partial charge on any atom is 0.314 e. The first-order valence-electron chi connectivity index (χ1n) is 7.29. The first-order valence-corrected chi connectivity index (χ1v) is 7.29. The fraction of sp³-hybridized carbons (Fsp3) is 0.562. The minimum atomic E-state index is -0.643. The summed E-state index contributed by atoms with van der Waals surface area (Å²) in [6.45, 7) is 2.07. The summed E-state index contributed by atoms with van der Waals surface area (Å²) in [5, 5.41) is 9.53. The molecule has 3 heteroatoms. The largest absolute Gasteiger partial charge is 0.481 e. The van der Waals surface area contributed by atoms with E-state index in [2.05, 4.69) is 23.1 Å². The van der Waals surface area contributed by atoms with Crippen LogP contribution in [0, 0.1) is 0 Å². The van der Waals surface area contributed by atoms with Crippen molar-refractivity contribution < 1.29 is 9.90 Å². The number of hydrogen-bond donors (Lipinski definition) is 1. The average Bonchev–Trinajstić information content (AvgIpc) is 3.07. The Labute approximate surface area is 113 Å². The van der Waals surface area contributed by atoms with E-state index >= 15 is 0 Å². The number of fused-ring (bicyclic) bond motifs is 1. The molecule has 1 heterocycles. The summed E-state index contributed by atoms with van der Waals surface area (Å²) < 4.78 is 0. The van der Waals surface area contributed by atoms with E-state index in [0.717, 1.165) is 44.0 Å². The van der Waals surface area contributed by atoms with Gasteiger partial charge in [-0.2, -0.15) is 0 Å². The van der Waals surface area contributed by atoms with Crippen LogP contribution in [0.3, 0.4) is 0 Å². The molecule has 0 atom stereocenters. The van der Waals surface area contributed by atoms with Gasteiger partial charge in [-0.1, -0.05) is 24.6 Å². The molecule has 0 unspecified atom stereocenters. The van der Waals surface area contributed by atoms with Gasteiger partial charge in [-0.05, 0) is 42.4 Å². The molecule has 0 radical (unpaired) electrons. The molecular weight excluding hydrogens is 238 g/mol. The molecule has 2 aliphatic carbocycles. The number of carboxylic acids is 1. The Kier molecular flexibility index (Phi) is 2.31. The van der Waals surface area contributed by atoms with Gasteiger partial charge < -0.3 is 5.11 Å². The van der Waals surface area contributed by atoms with E-state index in [4.69, 9.17) is 0 Å². The Morgan fingerprint density at radius 1 is 1.21 bits per heavy atom. The summed E-state index contributed by atoms with van der Waals surface area (Å²) in [5.41, 5.74) is 3.21. The molecule has 1 aromatic rings. The Morgan fingerprint density at radius 2 is 1.95 bits per heavy atom. The minimum absolute atomic E-state index is 0.581. The van der Waals surface area contributed by atoms with Crippen molar-refractivity contribution in [1.29, 1.82) is 0 Å². The molecule has 4 rings (SSSR count). The SMILES string of the molecule is O=C(O)C1(c2ccc3c(c2)CN(C2CC2)C3)CCC1. The minimum Gasteiger partial charge on any atom is -0.481 e. The monoisotopic (exact) mass is 257 g/mol. The molecule has 3 aliphatic rings. The van der Waals surface area contributed by atoms with Crippen molar-refractivity contribution >= 4 is 5.97 Å². The van der Waals surface area contributed by atoms with Crippen molar-refractivity contribution in [1.82, 2.24) is 4.90 Å². The Balaban J connectivity index is 1.66. The second-order valence-corrected chi connectivity index (χ2v) is 6.36. The van der Waals surface area contributed by atoms with Crippen LogP contribution in [0.15, 0.2) is 18.2 Å². The lowest BCUT2D eigenvalue weighted by molar-refractivity contribution is -0.147. The maximum absolute atomic E-state index is 11.6. The summed E-state index contributed by atoms with van der Waals surface area (Å²) in [7, 11) is 0. The Bertz CT molecular complexity index is 544. The smallest absolute Gasteiger partial charge is 0.314 e. The maximum atomic E-state index is 11.6. The second kappa shape index (κ2) is 3.83. The molecule has 1 aliphatic heterocycles. The quantitative estimate of drug-likeness (QED) is 0.905. The van der Waals surface area contributed by atoms with E-state index in [1.807, 2.05) is 0 Å². The molecule has 1 N–H and O–H groups in total. The van der Waals surface area contributed by atoms with Gasteiger partial charge in [0.25, 0.3) is 0 Å². The second-order valence-electron chi connectivity index (χ2n) is 6.36. The highest BCUT2D eigenvalue weighted by molar-refractivity contribution is 5.82. The van der Waals surface area contributed by atoms with E-state index in [9.17, 15) is 9.90 Å². The van der Waals surface area contributed by atoms with Gasteiger partial charge in [-0.25, -0.2) is 0 Å². The van der Waals surface area contributed by atoms with E-state index in [1.54, 1.807) is 0 Å². The van der Waals surface area contributed by atoms with Crippen LogP contribution < -0.4 is 0 Å². The van der Waals surface area contributed by atoms with Crippen LogP contribution in [-0.4, -0.2) is 22.0 Å². The van der Waals surface area contributed by atoms with Crippen LogP contribution in [0.2, 0.25) is 0 Å². The third kappa shape index (κ3) is 1.64. The van der Waals surface area contributed by atoms with Crippen LogP contribution in [0.1, 0.15) is 48.8 Å². The zero-order chi connectivity index (χ0) is 13.0. The number of nitrogens with zero attached hydrogens (tertiary/aromatic N) is 1. The average molecular weight is 257 g/mol. The van der Waals surface area contributed by atoms with E-state index < -0.39 is 11.4 Å². The standard InChI is InChI=1S/C16H19NO2/c18-15(19)16(6-1-7-16)13-3-2-11-9-17(14-4-5-14)10-12(11)8-13/h2-3,8,14H,1,4-7,9-10H2,(H,18,19). The van der Waals surface area contributed by atoms with Crippen molar-refractivity contribution in [2.75, 3.05) is 0 Å². The topological polar surface area (TPSA) is 40.5 Å². The van der Waals surface area contributed by atoms with Crippen molar-refractivity contribution in [3.63, 3.8) is 0 Å². The zero-order valence-electron chi connectivity index (χ0n) is 11.1. The highest BCUT2D eigenvalue weighted by atomic mass is 16.4.